The molecule has 0 aliphatic heterocycles. The fraction of sp³-hybridized carbons (Fsp3) is 0.846. The second-order valence-electron chi connectivity index (χ2n) is 5.08. The predicted octanol–water partition coefficient (Wildman–Crippen LogP) is 2.31. The molecule has 0 atom stereocenters. The van der Waals surface area contributed by atoms with Crippen LogP contribution in [-0.2, 0) is 13.0 Å². The Balaban J connectivity index is 2.22. The normalized spacial score (nSPS) is 15.8. The molecule has 1 heterocycles. The first-order valence-corrected chi connectivity index (χ1v) is 6.87. The quantitative estimate of drug-likeness (QED) is 0.790. The van der Waals surface area contributed by atoms with Crippen LogP contribution in [0.3, 0.4) is 0 Å². The first-order valence-electron chi connectivity index (χ1n) is 6.87. The zero-order chi connectivity index (χ0) is 12.3. The van der Waals surface area contributed by atoms with Crippen LogP contribution in [0.2, 0.25) is 0 Å². The van der Waals surface area contributed by atoms with E-state index in [1.807, 2.05) is 7.05 Å². The average Bonchev–Trinajstić information content (AvgIpc) is 3.07. The van der Waals surface area contributed by atoms with E-state index in [2.05, 4.69) is 34.2 Å². The summed E-state index contributed by atoms with van der Waals surface area (Å²) in [4.78, 5) is 0. The molecule has 0 radical (unpaired) electrons. The van der Waals surface area contributed by atoms with E-state index in [0.29, 0.717) is 6.04 Å². The van der Waals surface area contributed by atoms with Gasteiger partial charge in [-0.25, -0.2) is 4.68 Å². The van der Waals surface area contributed by atoms with E-state index in [0.717, 1.165) is 31.0 Å². The average molecular weight is 236 g/mol. The summed E-state index contributed by atoms with van der Waals surface area (Å²) in [7, 11) is 1.97. The topological polar surface area (TPSA) is 42.7 Å². The van der Waals surface area contributed by atoms with Crippen molar-refractivity contribution in [1.82, 2.24) is 20.3 Å². The molecule has 0 amide bonds. The van der Waals surface area contributed by atoms with E-state index in [4.69, 9.17) is 0 Å². The molecular formula is C13H24N4. The van der Waals surface area contributed by atoms with Gasteiger partial charge in [-0.3, -0.25) is 0 Å². The molecule has 1 fully saturated rings. The molecule has 0 unspecified atom stereocenters. The van der Waals surface area contributed by atoms with Gasteiger partial charge in [-0.1, -0.05) is 19.1 Å². The Morgan fingerprint density at radius 1 is 1.35 bits per heavy atom. The lowest BCUT2D eigenvalue weighted by atomic mass is 10.1. The molecule has 0 saturated heterocycles. The lowest BCUT2D eigenvalue weighted by molar-refractivity contribution is 0.402. The minimum absolute atomic E-state index is 0.516. The summed E-state index contributed by atoms with van der Waals surface area (Å²) in [5.41, 5.74) is 2.52. The van der Waals surface area contributed by atoms with Crippen LogP contribution in [0.1, 0.15) is 57.0 Å². The fourth-order valence-corrected chi connectivity index (χ4v) is 2.39. The van der Waals surface area contributed by atoms with Gasteiger partial charge in [0.1, 0.15) is 0 Å². The summed E-state index contributed by atoms with van der Waals surface area (Å²) in [5, 5.41) is 11.9. The van der Waals surface area contributed by atoms with Crippen LogP contribution in [0.15, 0.2) is 0 Å². The molecule has 4 heteroatoms. The van der Waals surface area contributed by atoms with Crippen molar-refractivity contribution in [2.24, 2.45) is 5.92 Å². The van der Waals surface area contributed by atoms with Crippen molar-refractivity contribution in [2.45, 2.75) is 58.5 Å². The van der Waals surface area contributed by atoms with Crippen molar-refractivity contribution in [3.63, 3.8) is 0 Å². The second kappa shape index (κ2) is 5.63. The third-order valence-corrected chi connectivity index (χ3v) is 3.68. The molecule has 1 saturated carbocycles. The van der Waals surface area contributed by atoms with Gasteiger partial charge in [0, 0.05) is 6.54 Å². The maximum Gasteiger partial charge on any atom is 0.0996 e. The predicted molar refractivity (Wildman–Crippen MR) is 68.8 cm³/mol. The van der Waals surface area contributed by atoms with Crippen molar-refractivity contribution in [3.05, 3.63) is 11.4 Å². The number of rotatable bonds is 7. The molecule has 96 valence electrons. The molecule has 0 spiro atoms. The fourth-order valence-electron chi connectivity index (χ4n) is 2.39. The first-order chi connectivity index (χ1) is 8.30. The molecular weight excluding hydrogens is 212 g/mol. The summed E-state index contributed by atoms with van der Waals surface area (Å²) >= 11 is 0. The highest BCUT2D eigenvalue weighted by Gasteiger charge is 2.27. The summed E-state index contributed by atoms with van der Waals surface area (Å²) in [6.07, 6.45) is 6.20. The summed E-state index contributed by atoms with van der Waals surface area (Å²) in [5.74, 6) is 0.886. The molecule has 0 bridgehead atoms. The molecule has 0 aromatic carbocycles. The van der Waals surface area contributed by atoms with E-state index in [1.54, 1.807) is 0 Å². The van der Waals surface area contributed by atoms with E-state index < -0.39 is 0 Å². The van der Waals surface area contributed by atoms with Crippen molar-refractivity contribution in [3.8, 4) is 0 Å². The van der Waals surface area contributed by atoms with E-state index in [9.17, 15) is 0 Å². The largest absolute Gasteiger partial charge is 0.314 e. The number of nitrogens with zero attached hydrogens (tertiary/aromatic N) is 3. The Morgan fingerprint density at radius 2 is 2.06 bits per heavy atom. The summed E-state index contributed by atoms with van der Waals surface area (Å²) in [6, 6.07) is 0.516. The second-order valence-corrected chi connectivity index (χ2v) is 5.08. The van der Waals surface area contributed by atoms with Crippen molar-refractivity contribution >= 4 is 0 Å². The van der Waals surface area contributed by atoms with Gasteiger partial charge >= 0.3 is 0 Å². The maximum atomic E-state index is 4.38. The van der Waals surface area contributed by atoms with E-state index >= 15 is 0 Å². The van der Waals surface area contributed by atoms with Gasteiger partial charge in [-0.15, -0.1) is 5.10 Å². The maximum absolute atomic E-state index is 4.38. The molecule has 1 aromatic heterocycles. The van der Waals surface area contributed by atoms with Gasteiger partial charge in [-0.05, 0) is 45.1 Å². The van der Waals surface area contributed by atoms with Crippen LogP contribution >= 0.6 is 0 Å². The van der Waals surface area contributed by atoms with Crippen LogP contribution in [0.25, 0.3) is 0 Å². The molecule has 1 aliphatic carbocycles. The zero-order valence-electron chi connectivity index (χ0n) is 11.2. The lowest BCUT2D eigenvalue weighted by Crippen LogP contribution is -2.15. The monoisotopic (exact) mass is 236 g/mol. The van der Waals surface area contributed by atoms with Crippen molar-refractivity contribution in [1.29, 1.82) is 0 Å². The number of nitrogens with one attached hydrogen (secondary N) is 1. The highest BCUT2D eigenvalue weighted by molar-refractivity contribution is 5.13. The van der Waals surface area contributed by atoms with Gasteiger partial charge in [0.05, 0.1) is 17.4 Å². The Hall–Kier alpha value is -0.900. The highest BCUT2D eigenvalue weighted by atomic mass is 15.4. The first kappa shape index (κ1) is 12.6. The third-order valence-electron chi connectivity index (χ3n) is 3.68. The zero-order valence-corrected chi connectivity index (χ0v) is 11.2. The van der Waals surface area contributed by atoms with Crippen molar-refractivity contribution < 1.29 is 0 Å². The van der Waals surface area contributed by atoms with Crippen LogP contribution in [0, 0.1) is 5.92 Å². The summed E-state index contributed by atoms with van der Waals surface area (Å²) in [6.45, 7) is 5.30. The van der Waals surface area contributed by atoms with Crippen LogP contribution < -0.4 is 5.32 Å². The molecule has 4 nitrogen and oxygen atoms in total. The Kier molecular flexibility index (Phi) is 4.15. The minimum atomic E-state index is 0.516. The number of aromatic nitrogens is 3. The van der Waals surface area contributed by atoms with Gasteiger partial charge < -0.3 is 5.32 Å². The third kappa shape index (κ3) is 2.86. The molecule has 1 aromatic rings. The van der Waals surface area contributed by atoms with Crippen LogP contribution in [0.4, 0.5) is 0 Å². The number of hydrogen-bond donors (Lipinski definition) is 1. The smallest absolute Gasteiger partial charge is 0.0996 e. The Morgan fingerprint density at radius 3 is 2.59 bits per heavy atom. The molecule has 1 N–H and O–H groups in total. The standard InChI is InChI=1S/C13H24N4/c1-4-11(5-2)17-13(8-10-6-7-10)12(9-14-3)15-16-17/h10-11,14H,4-9H2,1-3H3. The van der Waals surface area contributed by atoms with Crippen LogP contribution in [0.5, 0.6) is 0 Å². The van der Waals surface area contributed by atoms with Gasteiger partial charge in [0.25, 0.3) is 0 Å². The molecule has 2 rings (SSSR count). The summed E-state index contributed by atoms with van der Waals surface area (Å²) < 4.78 is 2.19. The van der Waals surface area contributed by atoms with Gasteiger partial charge in [0.15, 0.2) is 0 Å². The van der Waals surface area contributed by atoms with Gasteiger partial charge in [-0.2, -0.15) is 0 Å². The molecule has 1 aliphatic rings. The molecule has 17 heavy (non-hydrogen) atoms. The Bertz CT molecular complexity index is 350. The van der Waals surface area contributed by atoms with Crippen LogP contribution in [-0.4, -0.2) is 22.0 Å². The van der Waals surface area contributed by atoms with E-state index in [-0.39, 0.29) is 0 Å². The number of hydrogen-bond acceptors (Lipinski definition) is 3. The van der Waals surface area contributed by atoms with Crippen molar-refractivity contribution in [2.75, 3.05) is 7.05 Å². The minimum Gasteiger partial charge on any atom is -0.314 e. The lowest BCUT2D eigenvalue weighted by Gasteiger charge is -2.16. The van der Waals surface area contributed by atoms with Gasteiger partial charge in [0.2, 0.25) is 0 Å². The SMILES string of the molecule is CCC(CC)n1nnc(CNC)c1CC1CC1. The highest BCUT2D eigenvalue weighted by Crippen LogP contribution is 2.34. The Labute approximate surface area is 104 Å². The van der Waals surface area contributed by atoms with E-state index in [1.165, 1.54) is 25.0 Å².